The smallest absolute Gasteiger partial charge is 0.244 e. The van der Waals surface area contributed by atoms with Gasteiger partial charge < -0.3 is 4.74 Å². The highest BCUT2D eigenvalue weighted by atomic mass is 16.5. The molecule has 0 aromatic heterocycles. The first-order valence-corrected chi connectivity index (χ1v) is 7.23. The Kier molecular flexibility index (Phi) is 3.72. The van der Waals surface area contributed by atoms with E-state index in [1.807, 2.05) is 24.3 Å². The van der Waals surface area contributed by atoms with Crippen molar-refractivity contribution < 1.29 is 9.53 Å². The van der Waals surface area contributed by atoms with Gasteiger partial charge in [0.05, 0.1) is 13.5 Å². The molecule has 0 saturated heterocycles. The van der Waals surface area contributed by atoms with Crippen molar-refractivity contribution in [1.29, 1.82) is 0 Å². The van der Waals surface area contributed by atoms with Gasteiger partial charge in [-0.2, -0.15) is 5.10 Å². The van der Waals surface area contributed by atoms with Crippen LogP contribution in [0.5, 0.6) is 5.75 Å². The Balaban J connectivity index is 1.53. The van der Waals surface area contributed by atoms with Crippen molar-refractivity contribution >= 4 is 11.6 Å². The number of nitrogens with one attached hydrogen (secondary N) is 1. The predicted molar refractivity (Wildman–Crippen MR) is 77.7 cm³/mol. The third kappa shape index (κ3) is 2.84. The summed E-state index contributed by atoms with van der Waals surface area (Å²) in [4.78, 5) is 11.9. The summed E-state index contributed by atoms with van der Waals surface area (Å²) >= 11 is 0. The number of hydrogen-bond acceptors (Lipinski definition) is 3. The largest absolute Gasteiger partial charge is 0.497 e. The first-order valence-electron chi connectivity index (χ1n) is 7.23. The molecule has 2 aliphatic carbocycles. The summed E-state index contributed by atoms with van der Waals surface area (Å²) in [5.74, 6) is 2.19. The van der Waals surface area contributed by atoms with Crippen molar-refractivity contribution in [3.63, 3.8) is 0 Å². The van der Waals surface area contributed by atoms with E-state index in [9.17, 15) is 4.79 Å². The quantitative estimate of drug-likeness (QED) is 0.856. The molecule has 2 aliphatic rings. The molecule has 0 heterocycles. The van der Waals surface area contributed by atoms with Gasteiger partial charge >= 0.3 is 0 Å². The Morgan fingerprint density at radius 1 is 1.35 bits per heavy atom. The van der Waals surface area contributed by atoms with E-state index >= 15 is 0 Å². The second-order valence-corrected chi connectivity index (χ2v) is 5.74. The molecule has 4 heteroatoms. The molecule has 2 atom stereocenters. The van der Waals surface area contributed by atoms with Crippen LogP contribution in [0, 0.1) is 11.8 Å². The van der Waals surface area contributed by atoms with Gasteiger partial charge in [-0.25, -0.2) is 5.43 Å². The maximum absolute atomic E-state index is 11.9. The molecular weight excluding hydrogens is 252 g/mol. The summed E-state index contributed by atoms with van der Waals surface area (Å²) in [5, 5.41) is 4.33. The van der Waals surface area contributed by atoms with Gasteiger partial charge in [0, 0.05) is 5.71 Å². The summed E-state index contributed by atoms with van der Waals surface area (Å²) in [6.45, 7) is 0. The molecule has 0 aliphatic heterocycles. The number of ether oxygens (including phenoxy) is 1. The number of rotatable bonds is 4. The van der Waals surface area contributed by atoms with Crippen LogP contribution >= 0.6 is 0 Å². The van der Waals surface area contributed by atoms with Crippen molar-refractivity contribution in [3.05, 3.63) is 29.8 Å². The SMILES string of the molecule is COc1ccc(CC(=O)N/N=C2/CC3CCC2C3)cc1. The van der Waals surface area contributed by atoms with Crippen LogP contribution in [0.25, 0.3) is 0 Å². The van der Waals surface area contributed by atoms with Crippen molar-refractivity contribution in [2.45, 2.75) is 32.1 Å². The zero-order valence-electron chi connectivity index (χ0n) is 11.8. The highest BCUT2D eigenvalue weighted by molar-refractivity contribution is 5.91. The first-order chi connectivity index (χ1) is 9.74. The average molecular weight is 272 g/mol. The van der Waals surface area contributed by atoms with E-state index in [2.05, 4.69) is 10.5 Å². The Bertz CT molecular complexity index is 522. The van der Waals surface area contributed by atoms with Gasteiger partial charge in [-0.05, 0) is 55.2 Å². The van der Waals surface area contributed by atoms with Crippen molar-refractivity contribution in [1.82, 2.24) is 5.43 Å². The van der Waals surface area contributed by atoms with Crippen molar-refractivity contribution in [2.24, 2.45) is 16.9 Å². The van der Waals surface area contributed by atoms with Crippen LogP contribution < -0.4 is 10.2 Å². The van der Waals surface area contributed by atoms with E-state index in [1.165, 1.54) is 25.0 Å². The molecule has 4 nitrogen and oxygen atoms in total. The number of carbonyl (C=O) groups is 1. The fourth-order valence-corrected chi connectivity index (χ4v) is 3.26. The fourth-order valence-electron chi connectivity index (χ4n) is 3.26. The lowest BCUT2D eigenvalue weighted by molar-refractivity contribution is -0.120. The number of nitrogens with zero attached hydrogens (tertiary/aromatic N) is 1. The van der Waals surface area contributed by atoms with Gasteiger partial charge in [0.25, 0.3) is 0 Å². The molecule has 0 radical (unpaired) electrons. The maximum Gasteiger partial charge on any atom is 0.244 e. The van der Waals surface area contributed by atoms with Gasteiger partial charge in [-0.3, -0.25) is 4.79 Å². The molecule has 1 aromatic carbocycles. The van der Waals surface area contributed by atoms with E-state index in [0.29, 0.717) is 12.3 Å². The normalized spacial score (nSPS) is 25.9. The minimum atomic E-state index is -0.0505. The third-order valence-electron chi connectivity index (χ3n) is 4.36. The molecule has 2 bridgehead atoms. The molecule has 2 fully saturated rings. The zero-order chi connectivity index (χ0) is 13.9. The predicted octanol–water partition coefficient (Wildman–Crippen LogP) is 2.53. The standard InChI is InChI=1S/C16H20N2O2/c1-20-14-6-3-11(4-7-14)10-16(19)18-17-15-9-12-2-5-13(15)8-12/h3-4,6-7,12-13H,2,5,8-10H2,1H3,(H,18,19)/b17-15-. The highest BCUT2D eigenvalue weighted by Crippen LogP contribution is 2.42. The number of methoxy groups -OCH3 is 1. The molecule has 0 spiro atoms. The number of carbonyl (C=O) groups excluding carboxylic acids is 1. The van der Waals surface area contributed by atoms with Crippen LogP contribution in [0.2, 0.25) is 0 Å². The summed E-state index contributed by atoms with van der Waals surface area (Å²) in [7, 11) is 1.63. The molecule has 1 amide bonds. The molecule has 3 rings (SSSR count). The zero-order valence-corrected chi connectivity index (χ0v) is 11.8. The minimum absolute atomic E-state index is 0.0505. The van der Waals surface area contributed by atoms with E-state index in [-0.39, 0.29) is 5.91 Å². The van der Waals surface area contributed by atoms with Gasteiger partial charge in [-0.15, -0.1) is 0 Å². The lowest BCUT2D eigenvalue weighted by atomic mass is 9.99. The molecule has 1 N–H and O–H groups in total. The molecule has 20 heavy (non-hydrogen) atoms. The lowest BCUT2D eigenvalue weighted by Crippen LogP contribution is -2.23. The topological polar surface area (TPSA) is 50.7 Å². The molecule has 2 unspecified atom stereocenters. The number of amides is 1. The van der Waals surface area contributed by atoms with Gasteiger partial charge in [0.1, 0.15) is 5.75 Å². The Morgan fingerprint density at radius 2 is 2.15 bits per heavy atom. The van der Waals surface area contributed by atoms with Gasteiger partial charge in [0.2, 0.25) is 5.91 Å². The second-order valence-electron chi connectivity index (χ2n) is 5.74. The monoisotopic (exact) mass is 272 g/mol. The molecular formula is C16H20N2O2. The third-order valence-corrected chi connectivity index (χ3v) is 4.36. The average Bonchev–Trinajstić information content (AvgIpc) is 3.08. The van der Waals surface area contributed by atoms with Crippen LogP contribution in [0.1, 0.15) is 31.2 Å². The van der Waals surface area contributed by atoms with Crippen LogP contribution in [0.4, 0.5) is 0 Å². The maximum atomic E-state index is 11.9. The summed E-state index contributed by atoms with van der Waals surface area (Å²) in [6, 6.07) is 7.54. The first kappa shape index (κ1) is 13.2. The summed E-state index contributed by atoms with van der Waals surface area (Å²) < 4.78 is 5.10. The van der Waals surface area contributed by atoms with E-state index in [0.717, 1.165) is 23.7 Å². The Labute approximate surface area is 119 Å². The lowest BCUT2D eigenvalue weighted by Gasteiger charge is -2.11. The van der Waals surface area contributed by atoms with E-state index < -0.39 is 0 Å². The number of hydrazone groups is 1. The minimum Gasteiger partial charge on any atom is -0.497 e. The Morgan fingerprint density at radius 3 is 2.75 bits per heavy atom. The van der Waals surface area contributed by atoms with Gasteiger partial charge in [-0.1, -0.05) is 12.1 Å². The van der Waals surface area contributed by atoms with Crippen LogP contribution in [0.15, 0.2) is 29.4 Å². The summed E-state index contributed by atoms with van der Waals surface area (Å²) in [6.07, 6.45) is 5.29. The van der Waals surface area contributed by atoms with Crippen LogP contribution in [-0.2, 0) is 11.2 Å². The highest BCUT2D eigenvalue weighted by Gasteiger charge is 2.36. The second kappa shape index (κ2) is 5.65. The summed E-state index contributed by atoms with van der Waals surface area (Å²) in [5.41, 5.74) is 4.87. The van der Waals surface area contributed by atoms with Crippen LogP contribution in [0.3, 0.4) is 0 Å². The van der Waals surface area contributed by atoms with Crippen molar-refractivity contribution in [3.8, 4) is 5.75 Å². The van der Waals surface area contributed by atoms with E-state index in [1.54, 1.807) is 7.11 Å². The van der Waals surface area contributed by atoms with Gasteiger partial charge in [0.15, 0.2) is 0 Å². The van der Waals surface area contributed by atoms with Crippen LogP contribution in [-0.4, -0.2) is 18.7 Å². The number of hydrogen-bond donors (Lipinski definition) is 1. The number of benzene rings is 1. The molecule has 1 aromatic rings. The Hall–Kier alpha value is -1.84. The van der Waals surface area contributed by atoms with Crippen molar-refractivity contribution in [2.75, 3.05) is 7.11 Å². The molecule has 2 saturated carbocycles. The van der Waals surface area contributed by atoms with E-state index in [4.69, 9.17) is 4.74 Å². The molecule has 106 valence electrons. The fraction of sp³-hybridized carbons (Fsp3) is 0.500. The number of fused-ring (bicyclic) bond motifs is 2.